The molecule has 1 aromatic carbocycles. The molecule has 0 N–H and O–H groups in total. The number of halogens is 3. The van der Waals surface area contributed by atoms with E-state index in [-0.39, 0.29) is 5.92 Å². The molecular formula is C16H15F3N2O. The van der Waals surface area contributed by atoms with Gasteiger partial charge in [-0.1, -0.05) is 44.2 Å². The first-order chi connectivity index (χ1) is 10.3. The lowest BCUT2D eigenvalue weighted by atomic mass is 10.1. The van der Waals surface area contributed by atoms with Crippen molar-refractivity contribution in [2.24, 2.45) is 11.0 Å². The van der Waals surface area contributed by atoms with E-state index in [9.17, 15) is 18.0 Å². The summed E-state index contributed by atoms with van der Waals surface area (Å²) in [5.41, 5.74) is -1.33. The Bertz CT molecular complexity index is 643. The maximum Gasteiger partial charge on any atom is 0.435 e. The summed E-state index contributed by atoms with van der Waals surface area (Å²) < 4.78 is 39.3. The monoisotopic (exact) mass is 308 g/mol. The zero-order chi connectivity index (χ0) is 16.3. The normalized spacial score (nSPS) is 17.9. The first kappa shape index (κ1) is 16.0. The van der Waals surface area contributed by atoms with Crippen LogP contribution in [0.15, 0.2) is 59.2 Å². The van der Waals surface area contributed by atoms with E-state index in [1.54, 1.807) is 24.3 Å². The highest BCUT2D eigenvalue weighted by atomic mass is 19.4. The first-order valence-electron chi connectivity index (χ1n) is 6.75. The lowest BCUT2D eigenvalue weighted by Gasteiger charge is -2.10. The van der Waals surface area contributed by atoms with Gasteiger partial charge in [-0.2, -0.15) is 23.3 Å². The van der Waals surface area contributed by atoms with Crippen molar-refractivity contribution in [3.63, 3.8) is 0 Å². The van der Waals surface area contributed by atoms with Crippen LogP contribution in [0.1, 0.15) is 13.8 Å². The van der Waals surface area contributed by atoms with Gasteiger partial charge in [-0.3, -0.25) is 4.79 Å². The molecule has 0 aromatic heterocycles. The SMILES string of the molecule is CC(C)/C=C/C=C1/C(=O)N(c2ccccc2)N=C1C(F)(F)F. The van der Waals surface area contributed by atoms with Crippen LogP contribution in [0.3, 0.4) is 0 Å². The molecule has 0 atom stereocenters. The quantitative estimate of drug-likeness (QED) is 0.774. The molecule has 0 bridgehead atoms. The van der Waals surface area contributed by atoms with Crippen molar-refractivity contribution in [3.05, 3.63) is 54.1 Å². The molecule has 1 aliphatic rings. The average Bonchev–Trinajstić information content (AvgIpc) is 2.77. The van der Waals surface area contributed by atoms with Crippen LogP contribution in [0.4, 0.5) is 18.9 Å². The van der Waals surface area contributed by atoms with Crippen molar-refractivity contribution in [1.82, 2.24) is 0 Å². The van der Waals surface area contributed by atoms with Crippen molar-refractivity contribution in [2.75, 3.05) is 5.01 Å². The molecule has 3 nitrogen and oxygen atoms in total. The standard InChI is InChI=1S/C16H15F3N2O/c1-11(2)7-6-10-13-14(16(17,18)19)20-21(15(13)22)12-8-4-3-5-9-12/h3-11H,1-2H3/b7-6+,13-10+. The zero-order valence-corrected chi connectivity index (χ0v) is 12.1. The van der Waals surface area contributed by atoms with Crippen LogP contribution in [0.25, 0.3) is 0 Å². The Kier molecular flexibility index (Phi) is 4.49. The number of rotatable bonds is 3. The van der Waals surface area contributed by atoms with Gasteiger partial charge in [-0.05, 0) is 24.1 Å². The Hall–Kier alpha value is -2.37. The van der Waals surface area contributed by atoms with E-state index in [2.05, 4.69) is 5.10 Å². The average molecular weight is 308 g/mol. The van der Waals surface area contributed by atoms with E-state index in [1.165, 1.54) is 18.2 Å². The second-order valence-corrected chi connectivity index (χ2v) is 5.11. The van der Waals surface area contributed by atoms with Gasteiger partial charge in [0.05, 0.1) is 11.3 Å². The fourth-order valence-corrected chi connectivity index (χ4v) is 1.89. The molecule has 1 amide bonds. The van der Waals surface area contributed by atoms with Crippen LogP contribution in [-0.2, 0) is 4.79 Å². The van der Waals surface area contributed by atoms with E-state index in [0.29, 0.717) is 5.69 Å². The summed E-state index contributed by atoms with van der Waals surface area (Å²) in [5.74, 6) is -0.614. The van der Waals surface area contributed by atoms with Crippen LogP contribution in [-0.4, -0.2) is 17.8 Å². The van der Waals surface area contributed by atoms with Crippen molar-refractivity contribution < 1.29 is 18.0 Å². The zero-order valence-electron chi connectivity index (χ0n) is 12.1. The summed E-state index contributed by atoms with van der Waals surface area (Å²) in [6, 6.07) is 8.03. The van der Waals surface area contributed by atoms with Gasteiger partial charge in [0.15, 0.2) is 5.71 Å². The number of alkyl halides is 3. The molecule has 2 rings (SSSR count). The number of carbonyl (C=O) groups excluding carboxylic acids is 1. The van der Waals surface area contributed by atoms with Crippen molar-refractivity contribution in [3.8, 4) is 0 Å². The second-order valence-electron chi connectivity index (χ2n) is 5.11. The molecule has 0 unspecified atom stereocenters. The van der Waals surface area contributed by atoms with Crippen LogP contribution in [0.2, 0.25) is 0 Å². The molecule has 0 saturated heterocycles. The van der Waals surface area contributed by atoms with Gasteiger partial charge in [0.25, 0.3) is 5.91 Å². The number of hydrogen-bond acceptors (Lipinski definition) is 2. The van der Waals surface area contributed by atoms with E-state index in [4.69, 9.17) is 0 Å². The molecular weight excluding hydrogens is 293 g/mol. The highest BCUT2D eigenvalue weighted by Gasteiger charge is 2.46. The number of anilines is 1. The van der Waals surface area contributed by atoms with Gasteiger partial charge in [-0.15, -0.1) is 0 Å². The molecule has 0 saturated carbocycles. The molecule has 1 aliphatic heterocycles. The number of amides is 1. The Morgan fingerprint density at radius 1 is 1.18 bits per heavy atom. The van der Waals surface area contributed by atoms with Gasteiger partial charge in [0, 0.05) is 0 Å². The van der Waals surface area contributed by atoms with Gasteiger partial charge in [0.1, 0.15) is 0 Å². The summed E-state index contributed by atoms with van der Waals surface area (Å²) in [6.45, 7) is 3.78. The Morgan fingerprint density at radius 2 is 1.82 bits per heavy atom. The summed E-state index contributed by atoms with van der Waals surface area (Å²) >= 11 is 0. The number of allylic oxidation sites excluding steroid dienone is 3. The lowest BCUT2D eigenvalue weighted by Crippen LogP contribution is -2.25. The second kappa shape index (κ2) is 6.17. The Morgan fingerprint density at radius 3 is 2.36 bits per heavy atom. The molecule has 0 radical (unpaired) electrons. The third-order valence-corrected chi connectivity index (χ3v) is 2.91. The molecule has 0 aliphatic carbocycles. The van der Waals surface area contributed by atoms with Crippen LogP contribution < -0.4 is 5.01 Å². The third-order valence-electron chi connectivity index (χ3n) is 2.91. The Balaban J connectivity index is 2.42. The lowest BCUT2D eigenvalue weighted by molar-refractivity contribution is -0.114. The van der Waals surface area contributed by atoms with Crippen LogP contribution >= 0.6 is 0 Å². The topological polar surface area (TPSA) is 32.7 Å². The van der Waals surface area contributed by atoms with Gasteiger partial charge in [0.2, 0.25) is 0 Å². The molecule has 116 valence electrons. The fraction of sp³-hybridized carbons (Fsp3) is 0.250. The van der Waals surface area contributed by atoms with Crippen molar-refractivity contribution in [2.45, 2.75) is 20.0 Å². The number of benzene rings is 1. The van der Waals surface area contributed by atoms with Gasteiger partial charge >= 0.3 is 6.18 Å². The fourth-order valence-electron chi connectivity index (χ4n) is 1.89. The molecule has 1 heterocycles. The predicted molar refractivity (Wildman–Crippen MR) is 79.5 cm³/mol. The van der Waals surface area contributed by atoms with E-state index in [1.807, 2.05) is 13.8 Å². The summed E-state index contributed by atoms with van der Waals surface area (Å²) in [7, 11) is 0. The van der Waals surface area contributed by atoms with Gasteiger partial charge in [-0.25, -0.2) is 0 Å². The van der Waals surface area contributed by atoms with E-state index >= 15 is 0 Å². The number of para-hydroxylation sites is 1. The molecule has 6 heteroatoms. The number of carbonyl (C=O) groups is 1. The van der Waals surface area contributed by atoms with E-state index < -0.39 is 23.4 Å². The smallest absolute Gasteiger partial charge is 0.267 e. The molecule has 0 spiro atoms. The first-order valence-corrected chi connectivity index (χ1v) is 6.75. The molecule has 22 heavy (non-hydrogen) atoms. The molecule has 1 aromatic rings. The summed E-state index contributed by atoms with van der Waals surface area (Å²) in [6.07, 6.45) is -0.360. The minimum Gasteiger partial charge on any atom is -0.267 e. The minimum absolute atomic E-state index is 0.171. The maximum absolute atomic E-state index is 13.1. The van der Waals surface area contributed by atoms with E-state index in [0.717, 1.165) is 11.1 Å². The van der Waals surface area contributed by atoms with Gasteiger partial charge < -0.3 is 0 Å². The van der Waals surface area contributed by atoms with Crippen molar-refractivity contribution in [1.29, 1.82) is 0 Å². The largest absolute Gasteiger partial charge is 0.435 e. The third kappa shape index (κ3) is 3.44. The maximum atomic E-state index is 13.1. The Labute approximate surface area is 126 Å². The van der Waals surface area contributed by atoms with Crippen LogP contribution in [0, 0.1) is 5.92 Å². The minimum atomic E-state index is -4.68. The number of hydrogen-bond donors (Lipinski definition) is 0. The highest BCUT2D eigenvalue weighted by molar-refractivity contribution is 6.32. The number of nitrogens with zero attached hydrogens (tertiary/aromatic N) is 2. The van der Waals surface area contributed by atoms with Crippen molar-refractivity contribution >= 4 is 17.3 Å². The number of hydrazone groups is 1. The summed E-state index contributed by atoms with van der Waals surface area (Å²) in [4.78, 5) is 12.2. The summed E-state index contributed by atoms with van der Waals surface area (Å²) in [5, 5.41) is 4.24. The highest BCUT2D eigenvalue weighted by Crippen LogP contribution is 2.31. The van der Waals surface area contributed by atoms with Crippen LogP contribution in [0.5, 0.6) is 0 Å². The predicted octanol–water partition coefficient (Wildman–Crippen LogP) is 4.09. The molecule has 0 fully saturated rings.